The zero-order valence-electron chi connectivity index (χ0n) is 12.4. The largest absolute Gasteiger partial charge is 0.269 e. The first-order valence-corrected chi connectivity index (χ1v) is 9.37. The molecule has 0 saturated carbocycles. The van der Waals surface area contributed by atoms with E-state index in [1.807, 2.05) is 36.6 Å². The number of imide groups is 1. The van der Waals surface area contributed by atoms with Crippen molar-refractivity contribution in [2.75, 3.05) is 5.75 Å². The zero-order valence-corrected chi connectivity index (χ0v) is 14.8. The van der Waals surface area contributed by atoms with E-state index in [9.17, 15) is 9.59 Å². The summed E-state index contributed by atoms with van der Waals surface area (Å²) in [4.78, 5) is 28.2. The van der Waals surface area contributed by atoms with E-state index >= 15 is 0 Å². The van der Waals surface area contributed by atoms with Crippen molar-refractivity contribution in [3.05, 3.63) is 62.1 Å². The summed E-state index contributed by atoms with van der Waals surface area (Å²) < 4.78 is 0. The van der Waals surface area contributed by atoms with Gasteiger partial charge < -0.3 is 0 Å². The second-order valence-electron chi connectivity index (χ2n) is 4.94. The number of rotatable bonds is 5. The molecule has 0 unspecified atom stereocenters. The maximum absolute atomic E-state index is 12.8. The van der Waals surface area contributed by atoms with Crippen LogP contribution >= 0.6 is 34.7 Å². The van der Waals surface area contributed by atoms with Crippen molar-refractivity contribution in [1.82, 2.24) is 4.90 Å². The fourth-order valence-electron chi connectivity index (χ4n) is 2.39. The van der Waals surface area contributed by atoms with Crippen LogP contribution in [0.4, 0.5) is 0 Å². The maximum atomic E-state index is 12.8. The van der Waals surface area contributed by atoms with E-state index in [1.54, 1.807) is 12.1 Å². The van der Waals surface area contributed by atoms with Crippen LogP contribution in [0, 0.1) is 0 Å². The summed E-state index contributed by atoms with van der Waals surface area (Å²) in [6, 6.07) is 11.0. The summed E-state index contributed by atoms with van der Waals surface area (Å²) in [5.74, 6) is 0.321. The Morgan fingerprint density at radius 3 is 2.48 bits per heavy atom. The summed E-state index contributed by atoms with van der Waals surface area (Å²) in [7, 11) is 0. The van der Waals surface area contributed by atoms with Crippen LogP contribution in [-0.2, 0) is 16.1 Å². The molecule has 1 aliphatic rings. The van der Waals surface area contributed by atoms with Crippen molar-refractivity contribution in [2.24, 2.45) is 0 Å². The minimum absolute atomic E-state index is 0.208. The molecular formula is C17H14ClNO2S2. The van der Waals surface area contributed by atoms with Gasteiger partial charge in [0.05, 0.1) is 17.0 Å². The first-order valence-electron chi connectivity index (χ1n) is 7.13. The second-order valence-corrected chi connectivity index (χ2v) is 7.60. The van der Waals surface area contributed by atoms with E-state index in [-0.39, 0.29) is 18.4 Å². The summed E-state index contributed by atoms with van der Waals surface area (Å²) in [6.45, 7) is 2.24. The minimum Gasteiger partial charge on any atom is -0.269 e. The quantitative estimate of drug-likeness (QED) is 0.737. The molecule has 2 aromatic rings. The number of hydrogen-bond donors (Lipinski definition) is 0. The van der Waals surface area contributed by atoms with Gasteiger partial charge in [-0.15, -0.1) is 23.1 Å². The van der Waals surface area contributed by atoms with Gasteiger partial charge in [-0.25, -0.2) is 0 Å². The molecule has 0 radical (unpaired) electrons. The lowest BCUT2D eigenvalue weighted by atomic mass is 10.2. The molecule has 0 aliphatic carbocycles. The van der Waals surface area contributed by atoms with Crippen molar-refractivity contribution in [2.45, 2.75) is 13.5 Å². The average Bonchev–Trinajstić information content (AvgIpc) is 3.13. The molecule has 1 aliphatic heterocycles. The Bertz CT molecular complexity index is 766. The van der Waals surface area contributed by atoms with Crippen LogP contribution in [0.3, 0.4) is 0 Å². The highest BCUT2D eigenvalue weighted by Gasteiger charge is 2.39. The summed E-state index contributed by atoms with van der Waals surface area (Å²) in [5, 5.41) is 2.54. The number of nitrogens with zero attached hydrogens (tertiary/aromatic N) is 1. The molecule has 6 heteroatoms. The SMILES string of the molecule is CCSC1=C(c2cccs2)C(=O)N(Cc2ccc(Cl)cc2)C1=O. The molecule has 1 aromatic heterocycles. The van der Waals surface area contributed by atoms with Crippen molar-refractivity contribution in [3.63, 3.8) is 0 Å². The molecule has 2 heterocycles. The normalized spacial score (nSPS) is 15.0. The molecule has 0 N–H and O–H groups in total. The van der Waals surface area contributed by atoms with Gasteiger partial charge in [0, 0.05) is 9.90 Å². The molecule has 3 nitrogen and oxygen atoms in total. The second kappa shape index (κ2) is 6.91. The molecular weight excluding hydrogens is 350 g/mol. The Morgan fingerprint density at radius 1 is 1.13 bits per heavy atom. The third kappa shape index (κ3) is 3.22. The van der Waals surface area contributed by atoms with Crippen LogP contribution in [0.5, 0.6) is 0 Å². The number of carbonyl (C=O) groups excluding carboxylic acids is 2. The number of benzene rings is 1. The lowest BCUT2D eigenvalue weighted by Crippen LogP contribution is -2.30. The topological polar surface area (TPSA) is 37.4 Å². The van der Waals surface area contributed by atoms with Gasteiger partial charge in [-0.2, -0.15) is 0 Å². The Kier molecular flexibility index (Phi) is 4.90. The number of thiophene rings is 1. The van der Waals surface area contributed by atoms with Gasteiger partial charge in [0.1, 0.15) is 0 Å². The van der Waals surface area contributed by atoms with Crippen LogP contribution in [0.25, 0.3) is 5.57 Å². The van der Waals surface area contributed by atoms with Crippen molar-refractivity contribution in [3.8, 4) is 0 Å². The molecule has 2 amide bonds. The smallest absolute Gasteiger partial charge is 0.268 e. The fourth-order valence-corrected chi connectivity index (χ4v) is 4.21. The van der Waals surface area contributed by atoms with Gasteiger partial charge >= 0.3 is 0 Å². The summed E-state index contributed by atoms with van der Waals surface area (Å²) in [6.07, 6.45) is 0. The first kappa shape index (κ1) is 16.3. The van der Waals surface area contributed by atoms with Gasteiger partial charge in [-0.05, 0) is 34.9 Å². The standard InChI is InChI=1S/C17H14ClNO2S2/c1-2-22-15-14(13-4-3-9-23-13)16(20)19(17(15)21)10-11-5-7-12(18)8-6-11/h3-9H,2,10H2,1H3. The first-order chi connectivity index (χ1) is 11.1. The van der Waals surface area contributed by atoms with E-state index in [4.69, 9.17) is 11.6 Å². The van der Waals surface area contributed by atoms with E-state index in [0.717, 1.165) is 16.2 Å². The van der Waals surface area contributed by atoms with Crippen LogP contribution < -0.4 is 0 Å². The highest BCUT2D eigenvalue weighted by Crippen LogP contribution is 2.38. The van der Waals surface area contributed by atoms with Gasteiger partial charge in [0.2, 0.25) is 0 Å². The molecule has 23 heavy (non-hydrogen) atoms. The Labute approximate surface area is 147 Å². The van der Waals surface area contributed by atoms with Crippen LogP contribution in [0.1, 0.15) is 17.4 Å². The molecule has 0 atom stereocenters. The van der Waals surface area contributed by atoms with Crippen molar-refractivity contribution < 1.29 is 9.59 Å². The third-order valence-electron chi connectivity index (χ3n) is 3.44. The monoisotopic (exact) mass is 363 g/mol. The third-order valence-corrected chi connectivity index (χ3v) is 5.53. The average molecular weight is 364 g/mol. The molecule has 118 valence electrons. The lowest BCUT2D eigenvalue weighted by molar-refractivity contribution is -0.137. The molecule has 0 spiro atoms. The van der Waals surface area contributed by atoms with Gasteiger partial charge in [-0.1, -0.05) is 36.7 Å². The number of amides is 2. The van der Waals surface area contributed by atoms with E-state index in [2.05, 4.69) is 0 Å². The molecule has 3 rings (SSSR count). The highest BCUT2D eigenvalue weighted by atomic mass is 35.5. The Balaban J connectivity index is 1.92. The molecule has 0 fully saturated rings. The number of halogens is 1. The van der Waals surface area contributed by atoms with E-state index in [0.29, 0.717) is 15.5 Å². The lowest BCUT2D eigenvalue weighted by Gasteiger charge is -2.15. The van der Waals surface area contributed by atoms with Crippen molar-refractivity contribution >= 4 is 52.1 Å². The van der Waals surface area contributed by atoms with Gasteiger partial charge in [-0.3, -0.25) is 14.5 Å². The predicted molar refractivity (Wildman–Crippen MR) is 96.4 cm³/mol. The van der Waals surface area contributed by atoms with E-state index < -0.39 is 0 Å². The van der Waals surface area contributed by atoms with Gasteiger partial charge in [0.25, 0.3) is 11.8 Å². The number of hydrogen-bond acceptors (Lipinski definition) is 4. The van der Waals surface area contributed by atoms with Crippen LogP contribution in [0.2, 0.25) is 5.02 Å². The number of thioether (sulfide) groups is 1. The maximum Gasteiger partial charge on any atom is 0.268 e. The van der Waals surface area contributed by atoms with Crippen molar-refractivity contribution in [1.29, 1.82) is 0 Å². The minimum atomic E-state index is -0.219. The number of carbonyl (C=O) groups is 2. The van der Waals surface area contributed by atoms with Crippen LogP contribution in [-0.4, -0.2) is 22.5 Å². The fraction of sp³-hybridized carbons (Fsp3) is 0.176. The molecule has 0 saturated heterocycles. The predicted octanol–water partition coefficient (Wildman–Crippen LogP) is 4.43. The highest BCUT2D eigenvalue weighted by molar-refractivity contribution is 8.04. The Hall–Kier alpha value is -1.56. The summed E-state index contributed by atoms with van der Waals surface area (Å²) in [5.41, 5.74) is 1.41. The zero-order chi connectivity index (χ0) is 16.4. The van der Waals surface area contributed by atoms with Crippen LogP contribution in [0.15, 0.2) is 46.7 Å². The molecule has 0 bridgehead atoms. The summed E-state index contributed by atoms with van der Waals surface area (Å²) >= 11 is 8.79. The Morgan fingerprint density at radius 2 is 1.87 bits per heavy atom. The molecule has 1 aromatic carbocycles. The van der Waals surface area contributed by atoms with Gasteiger partial charge in [0.15, 0.2) is 0 Å². The van der Waals surface area contributed by atoms with E-state index in [1.165, 1.54) is 28.0 Å².